The molecule has 0 radical (unpaired) electrons. The van der Waals surface area contributed by atoms with E-state index in [-0.39, 0.29) is 11.9 Å². The van der Waals surface area contributed by atoms with E-state index < -0.39 is 0 Å². The second kappa shape index (κ2) is 10.5. The van der Waals surface area contributed by atoms with Gasteiger partial charge in [0.25, 0.3) is 5.91 Å². The number of nitrogens with zero attached hydrogens (tertiary/aromatic N) is 1. The topological polar surface area (TPSA) is 46.6 Å². The molecule has 0 N–H and O–H groups in total. The van der Waals surface area contributed by atoms with Gasteiger partial charge in [-0.2, -0.15) is 0 Å². The van der Waals surface area contributed by atoms with Gasteiger partial charge >= 0.3 is 5.97 Å². The summed E-state index contributed by atoms with van der Waals surface area (Å²) in [5, 5.41) is 0. The SMILES string of the molecule is CCCCOC(=O)CCCN1C(=O)/C(=C/c2ccc(CC)cc2)SC1=S. The number of unbranched alkanes of at least 4 members (excludes halogenated alkanes) is 1. The van der Waals surface area contributed by atoms with Crippen molar-refractivity contribution in [1.29, 1.82) is 0 Å². The lowest BCUT2D eigenvalue weighted by atomic mass is 10.1. The predicted molar refractivity (Wildman–Crippen MR) is 111 cm³/mol. The molecule has 0 aromatic heterocycles. The Morgan fingerprint density at radius 1 is 1.23 bits per heavy atom. The van der Waals surface area contributed by atoms with E-state index >= 15 is 0 Å². The van der Waals surface area contributed by atoms with Crippen molar-refractivity contribution < 1.29 is 14.3 Å². The quantitative estimate of drug-likeness (QED) is 0.267. The monoisotopic (exact) mass is 391 g/mol. The molecule has 1 saturated heterocycles. The summed E-state index contributed by atoms with van der Waals surface area (Å²) in [7, 11) is 0. The molecule has 1 heterocycles. The molecule has 2 rings (SSSR count). The van der Waals surface area contributed by atoms with E-state index in [1.165, 1.54) is 17.3 Å². The number of rotatable bonds is 9. The smallest absolute Gasteiger partial charge is 0.305 e. The standard InChI is InChI=1S/C20H25NO3S2/c1-3-5-13-24-18(22)7-6-12-21-19(23)17(26-20(21)25)14-16-10-8-15(4-2)9-11-16/h8-11,14H,3-7,12-13H2,1-2H3/b17-14-. The third kappa shape index (κ3) is 5.95. The number of esters is 1. The van der Waals surface area contributed by atoms with Gasteiger partial charge in [-0.1, -0.05) is 68.5 Å². The van der Waals surface area contributed by atoms with Crippen molar-refractivity contribution in [3.8, 4) is 0 Å². The molecule has 1 aliphatic heterocycles. The number of benzene rings is 1. The summed E-state index contributed by atoms with van der Waals surface area (Å²) in [5.41, 5.74) is 2.25. The van der Waals surface area contributed by atoms with Crippen LogP contribution in [0.15, 0.2) is 29.2 Å². The minimum atomic E-state index is -0.213. The Bertz CT molecular complexity index is 683. The van der Waals surface area contributed by atoms with Crippen LogP contribution in [0.2, 0.25) is 0 Å². The van der Waals surface area contributed by atoms with E-state index in [2.05, 4.69) is 26.0 Å². The molecule has 0 saturated carbocycles. The Hall–Kier alpha value is -1.66. The minimum absolute atomic E-state index is 0.0843. The molecule has 0 unspecified atom stereocenters. The van der Waals surface area contributed by atoms with Crippen LogP contribution in [0.1, 0.15) is 50.7 Å². The van der Waals surface area contributed by atoms with Crippen LogP contribution in [-0.4, -0.2) is 34.2 Å². The normalized spacial score (nSPS) is 15.8. The Labute approximate surface area is 165 Å². The fourth-order valence-electron chi connectivity index (χ4n) is 2.48. The van der Waals surface area contributed by atoms with Gasteiger partial charge in [0.15, 0.2) is 0 Å². The predicted octanol–water partition coefficient (Wildman–Crippen LogP) is 4.57. The van der Waals surface area contributed by atoms with Crippen LogP contribution in [0.3, 0.4) is 0 Å². The van der Waals surface area contributed by atoms with Crippen LogP contribution in [0.25, 0.3) is 6.08 Å². The lowest BCUT2D eigenvalue weighted by molar-refractivity contribution is -0.144. The van der Waals surface area contributed by atoms with Crippen LogP contribution < -0.4 is 0 Å². The highest BCUT2D eigenvalue weighted by molar-refractivity contribution is 8.26. The van der Waals surface area contributed by atoms with Crippen molar-refractivity contribution in [2.24, 2.45) is 0 Å². The van der Waals surface area contributed by atoms with Crippen molar-refractivity contribution in [3.05, 3.63) is 40.3 Å². The molecule has 1 aromatic carbocycles. The molecule has 140 valence electrons. The first-order valence-electron chi connectivity index (χ1n) is 9.05. The molecular formula is C20H25NO3S2. The number of amides is 1. The molecule has 1 amide bonds. The van der Waals surface area contributed by atoms with Gasteiger partial charge in [-0.3, -0.25) is 14.5 Å². The van der Waals surface area contributed by atoms with Gasteiger partial charge in [0, 0.05) is 13.0 Å². The lowest BCUT2D eigenvalue weighted by Gasteiger charge is -2.13. The van der Waals surface area contributed by atoms with Crippen LogP contribution in [0, 0.1) is 0 Å². The third-order valence-corrected chi connectivity index (χ3v) is 5.46. The first-order chi connectivity index (χ1) is 12.5. The van der Waals surface area contributed by atoms with Gasteiger partial charge in [-0.25, -0.2) is 0 Å². The summed E-state index contributed by atoms with van der Waals surface area (Å²) in [5.74, 6) is -0.297. The molecule has 4 nitrogen and oxygen atoms in total. The maximum absolute atomic E-state index is 12.6. The average Bonchev–Trinajstić information content (AvgIpc) is 2.90. The van der Waals surface area contributed by atoms with Crippen molar-refractivity contribution in [2.45, 2.75) is 46.0 Å². The molecule has 0 spiro atoms. The van der Waals surface area contributed by atoms with Gasteiger partial charge in [-0.05, 0) is 36.5 Å². The number of thiocarbonyl (C=S) groups is 1. The number of thioether (sulfide) groups is 1. The van der Waals surface area contributed by atoms with E-state index in [4.69, 9.17) is 17.0 Å². The number of carbonyl (C=O) groups excluding carboxylic acids is 2. The highest BCUT2D eigenvalue weighted by atomic mass is 32.2. The molecule has 1 fully saturated rings. The number of aryl methyl sites for hydroxylation is 1. The molecule has 6 heteroatoms. The molecule has 1 aliphatic rings. The van der Waals surface area contributed by atoms with Crippen molar-refractivity contribution in [1.82, 2.24) is 4.90 Å². The van der Waals surface area contributed by atoms with Crippen molar-refractivity contribution in [3.63, 3.8) is 0 Å². The largest absolute Gasteiger partial charge is 0.466 e. The number of hydrogen-bond donors (Lipinski definition) is 0. The van der Waals surface area contributed by atoms with Crippen LogP contribution in [-0.2, 0) is 20.7 Å². The second-order valence-corrected chi connectivity index (χ2v) is 7.78. The number of ether oxygens (including phenoxy) is 1. The summed E-state index contributed by atoms with van der Waals surface area (Å²) < 4.78 is 5.67. The van der Waals surface area contributed by atoms with Gasteiger partial charge in [-0.15, -0.1) is 0 Å². The second-order valence-electron chi connectivity index (χ2n) is 6.11. The van der Waals surface area contributed by atoms with Crippen LogP contribution >= 0.6 is 24.0 Å². The van der Waals surface area contributed by atoms with Crippen LogP contribution in [0.4, 0.5) is 0 Å². The van der Waals surface area contributed by atoms with Crippen molar-refractivity contribution in [2.75, 3.05) is 13.2 Å². The fraction of sp³-hybridized carbons (Fsp3) is 0.450. The summed E-state index contributed by atoms with van der Waals surface area (Å²) in [6.45, 7) is 5.07. The fourth-order valence-corrected chi connectivity index (χ4v) is 3.79. The maximum Gasteiger partial charge on any atom is 0.305 e. The average molecular weight is 392 g/mol. The Kier molecular flexibility index (Phi) is 8.32. The summed E-state index contributed by atoms with van der Waals surface area (Å²) in [4.78, 5) is 26.4. The third-order valence-electron chi connectivity index (χ3n) is 4.08. The van der Waals surface area contributed by atoms with Gasteiger partial charge < -0.3 is 4.74 Å². The summed E-state index contributed by atoms with van der Waals surface area (Å²) in [6.07, 6.45) is 5.59. The van der Waals surface area contributed by atoms with E-state index in [1.54, 1.807) is 4.90 Å². The zero-order valence-corrected chi connectivity index (χ0v) is 17.0. The van der Waals surface area contributed by atoms with Gasteiger partial charge in [0.2, 0.25) is 0 Å². The van der Waals surface area contributed by atoms with Crippen molar-refractivity contribution >= 4 is 46.3 Å². The van der Waals surface area contributed by atoms with E-state index in [0.29, 0.717) is 35.2 Å². The van der Waals surface area contributed by atoms with Gasteiger partial charge in [0.1, 0.15) is 4.32 Å². The minimum Gasteiger partial charge on any atom is -0.466 e. The van der Waals surface area contributed by atoms with E-state index in [9.17, 15) is 9.59 Å². The highest BCUT2D eigenvalue weighted by Gasteiger charge is 2.31. The summed E-state index contributed by atoms with van der Waals surface area (Å²) in [6, 6.07) is 8.16. The number of hydrogen-bond acceptors (Lipinski definition) is 5. The Morgan fingerprint density at radius 3 is 2.62 bits per heavy atom. The number of carbonyl (C=O) groups is 2. The zero-order valence-electron chi connectivity index (χ0n) is 15.3. The summed E-state index contributed by atoms with van der Waals surface area (Å²) >= 11 is 6.64. The zero-order chi connectivity index (χ0) is 18.9. The van der Waals surface area contributed by atoms with Gasteiger partial charge in [0.05, 0.1) is 11.5 Å². The lowest BCUT2D eigenvalue weighted by Crippen LogP contribution is -2.29. The Balaban J connectivity index is 1.87. The molecule has 0 atom stereocenters. The molecular weight excluding hydrogens is 366 g/mol. The molecule has 0 aliphatic carbocycles. The maximum atomic E-state index is 12.6. The van der Waals surface area contributed by atoms with E-state index in [0.717, 1.165) is 24.8 Å². The molecule has 26 heavy (non-hydrogen) atoms. The first-order valence-corrected chi connectivity index (χ1v) is 10.3. The Morgan fingerprint density at radius 2 is 1.96 bits per heavy atom. The molecule has 0 bridgehead atoms. The first kappa shape index (κ1) is 20.6. The highest BCUT2D eigenvalue weighted by Crippen LogP contribution is 2.32. The van der Waals surface area contributed by atoms with E-state index in [1.807, 2.05) is 18.2 Å². The molecule has 1 aromatic rings. The van der Waals surface area contributed by atoms with Crippen LogP contribution in [0.5, 0.6) is 0 Å².